The highest BCUT2D eigenvalue weighted by Crippen LogP contribution is 2.41. The van der Waals surface area contributed by atoms with Crippen LogP contribution in [0.15, 0.2) is 94.2 Å². The molecule has 0 amide bonds. The van der Waals surface area contributed by atoms with Crippen molar-refractivity contribution in [2.24, 2.45) is 0 Å². The summed E-state index contributed by atoms with van der Waals surface area (Å²) in [6, 6.07) is 26.1. The predicted molar refractivity (Wildman–Crippen MR) is 125 cm³/mol. The van der Waals surface area contributed by atoms with E-state index in [1.165, 1.54) is 3.97 Å². The standard InChI is InChI=1S/C26H19NO3S/c1-2-18-25-19-12-6-8-14-21(19)27(31(28,29)17-10-4-3-5-11-17)22(25)16-24-26(18)20-13-7-9-15-23(20)30-24/h3-16H,2H2,1H3. The van der Waals surface area contributed by atoms with E-state index in [1.807, 2.05) is 54.6 Å². The summed E-state index contributed by atoms with van der Waals surface area (Å²) in [6.07, 6.45) is 0.761. The molecule has 2 aromatic heterocycles. The van der Waals surface area contributed by atoms with E-state index in [0.717, 1.165) is 39.1 Å². The van der Waals surface area contributed by atoms with Gasteiger partial charge in [-0.15, -0.1) is 0 Å². The number of benzene rings is 4. The maximum absolute atomic E-state index is 13.8. The average Bonchev–Trinajstić information content (AvgIpc) is 3.34. The third-order valence-corrected chi connectivity index (χ3v) is 7.74. The Morgan fingerprint density at radius 2 is 1.42 bits per heavy atom. The zero-order chi connectivity index (χ0) is 21.2. The molecule has 2 heterocycles. The second-order valence-electron chi connectivity index (χ2n) is 7.67. The molecule has 31 heavy (non-hydrogen) atoms. The van der Waals surface area contributed by atoms with Gasteiger partial charge < -0.3 is 4.42 Å². The second-order valence-corrected chi connectivity index (χ2v) is 9.46. The van der Waals surface area contributed by atoms with Crippen molar-refractivity contribution in [1.82, 2.24) is 3.97 Å². The molecule has 6 aromatic rings. The maximum atomic E-state index is 13.8. The van der Waals surface area contributed by atoms with Crippen molar-refractivity contribution in [3.63, 3.8) is 0 Å². The van der Waals surface area contributed by atoms with Gasteiger partial charge in [-0.2, -0.15) is 0 Å². The normalized spacial score (nSPS) is 12.4. The third kappa shape index (κ3) is 2.44. The number of furan rings is 1. The van der Waals surface area contributed by atoms with Crippen LogP contribution in [-0.2, 0) is 16.4 Å². The molecule has 0 radical (unpaired) electrons. The molecule has 0 unspecified atom stereocenters. The van der Waals surface area contributed by atoms with Crippen LogP contribution in [0, 0.1) is 0 Å². The zero-order valence-corrected chi connectivity index (χ0v) is 17.7. The van der Waals surface area contributed by atoms with E-state index in [-0.39, 0.29) is 4.90 Å². The molecule has 0 aliphatic rings. The highest BCUT2D eigenvalue weighted by atomic mass is 32.2. The number of para-hydroxylation sites is 2. The van der Waals surface area contributed by atoms with E-state index in [4.69, 9.17) is 4.42 Å². The molecule has 0 bridgehead atoms. The van der Waals surface area contributed by atoms with Crippen molar-refractivity contribution in [2.45, 2.75) is 18.2 Å². The molecule has 0 atom stereocenters. The van der Waals surface area contributed by atoms with E-state index in [0.29, 0.717) is 16.6 Å². The van der Waals surface area contributed by atoms with Gasteiger partial charge in [0.1, 0.15) is 11.2 Å². The molecule has 152 valence electrons. The lowest BCUT2D eigenvalue weighted by Crippen LogP contribution is -2.12. The molecular formula is C26H19NO3S. The van der Waals surface area contributed by atoms with E-state index in [2.05, 4.69) is 13.0 Å². The SMILES string of the molecule is CCc1c2c(cc3c1c1ccccc1n3S(=O)(=O)c1ccccc1)oc1ccccc12. The van der Waals surface area contributed by atoms with Crippen LogP contribution in [0.1, 0.15) is 12.5 Å². The van der Waals surface area contributed by atoms with Crippen LogP contribution in [0.4, 0.5) is 0 Å². The first-order valence-electron chi connectivity index (χ1n) is 10.3. The fraction of sp³-hybridized carbons (Fsp3) is 0.0769. The van der Waals surface area contributed by atoms with Gasteiger partial charge in [-0.25, -0.2) is 12.4 Å². The lowest BCUT2D eigenvalue weighted by atomic mass is 9.98. The van der Waals surface area contributed by atoms with Gasteiger partial charge in [-0.1, -0.05) is 61.5 Å². The molecule has 5 heteroatoms. The Balaban J connectivity index is 1.87. The molecule has 0 aliphatic carbocycles. The maximum Gasteiger partial charge on any atom is 0.268 e. The Hall–Kier alpha value is -3.57. The summed E-state index contributed by atoms with van der Waals surface area (Å²) in [4.78, 5) is 0.264. The molecule has 6 rings (SSSR count). The van der Waals surface area contributed by atoms with Gasteiger partial charge in [0.15, 0.2) is 0 Å². The van der Waals surface area contributed by atoms with Crippen LogP contribution in [-0.4, -0.2) is 12.4 Å². The first kappa shape index (κ1) is 18.2. The smallest absolute Gasteiger partial charge is 0.268 e. The summed E-state index contributed by atoms with van der Waals surface area (Å²) in [5.41, 5.74) is 3.94. The summed E-state index contributed by atoms with van der Waals surface area (Å²) in [6.45, 7) is 2.10. The van der Waals surface area contributed by atoms with Crippen molar-refractivity contribution >= 4 is 53.8 Å². The Morgan fingerprint density at radius 1 is 0.742 bits per heavy atom. The molecule has 4 aromatic carbocycles. The predicted octanol–water partition coefficient (Wildman–Crippen LogP) is 6.49. The molecule has 0 saturated heterocycles. The second kappa shape index (κ2) is 6.46. The van der Waals surface area contributed by atoms with Gasteiger partial charge in [0.05, 0.1) is 15.9 Å². The quantitative estimate of drug-likeness (QED) is 0.325. The van der Waals surface area contributed by atoms with E-state index in [1.54, 1.807) is 24.3 Å². The molecular weight excluding hydrogens is 406 g/mol. The summed E-state index contributed by atoms with van der Waals surface area (Å²) in [5.74, 6) is 0. The highest BCUT2D eigenvalue weighted by Gasteiger charge is 2.26. The average molecular weight is 426 g/mol. The van der Waals surface area contributed by atoms with Gasteiger partial charge in [-0.3, -0.25) is 0 Å². The lowest BCUT2D eigenvalue weighted by Gasteiger charge is -2.10. The van der Waals surface area contributed by atoms with E-state index >= 15 is 0 Å². The Morgan fingerprint density at radius 3 is 2.19 bits per heavy atom. The number of rotatable bonds is 3. The molecule has 0 spiro atoms. The lowest BCUT2D eigenvalue weighted by molar-refractivity contribution is 0.590. The number of nitrogens with zero attached hydrogens (tertiary/aromatic N) is 1. The number of hydrogen-bond acceptors (Lipinski definition) is 3. The molecule has 4 nitrogen and oxygen atoms in total. The summed E-state index contributed by atoms with van der Waals surface area (Å²) in [7, 11) is -3.80. The van der Waals surface area contributed by atoms with Crippen LogP contribution in [0.2, 0.25) is 0 Å². The van der Waals surface area contributed by atoms with Crippen molar-refractivity contribution in [1.29, 1.82) is 0 Å². The van der Waals surface area contributed by atoms with Gasteiger partial charge in [-0.05, 0) is 36.2 Å². The summed E-state index contributed by atoms with van der Waals surface area (Å²) < 4.78 is 35.2. The third-order valence-electron chi connectivity index (χ3n) is 6.00. The van der Waals surface area contributed by atoms with E-state index < -0.39 is 10.0 Å². The van der Waals surface area contributed by atoms with Crippen molar-refractivity contribution in [2.75, 3.05) is 0 Å². The van der Waals surface area contributed by atoms with Crippen LogP contribution in [0.25, 0.3) is 43.7 Å². The molecule has 0 aliphatic heterocycles. The minimum Gasteiger partial charge on any atom is -0.456 e. The van der Waals surface area contributed by atoms with Crippen LogP contribution in [0.5, 0.6) is 0 Å². The molecule has 0 N–H and O–H groups in total. The van der Waals surface area contributed by atoms with Crippen molar-refractivity contribution < 1.29 is 12.8 Å². The minimum atomic E-state index is -3.80. The fourth-order valence-corrected chi connectivity index (χ4v) is 6.25. The van der Waals surface area contributed by atoms with Gasteiger partial charge in [0, 0.05) is 27.6 Å². The number of aryl methyl sites for hydroxylation is 1. The monoisotopic (exact) mass is 425 g/mol. The van der Waals surface area contributed by atoms with Crippen molar-refractivity contribution in [3.05, 3.63) is 90.5 Å². The van der Waals surface area contributed by atoms with Crippen molar-refractivity contribution in [3.8, 4) is 0 Å². The van der Waals surface area contributed by atoms with Crippen LogP contribution in [0.3, 0.4) is 0 Å². The topological polar surface area (TPSA) is 52.2 Å². The summed E-state index contributed by atoms with van der Waals surface area (Å²) in [5, 5.41) is 4.02. The Bertz CT molecular complexity index is 1720. The van der Waals surface area contributed by atoms with Crippen LogP contribution >= 0.6 is 0 Å². The van der Waals surface area contributed by atoms with Gasteiger partial charge in [0.25, 0.3) is 10.0 Å². The summed E-state index contributed by atoms with van der Waals surface area (Å²) >= 11 is 0. The van der Waals surface area contributed by atoms with Gasteiger partial charge in [0.2, 0.25) is 0 Å². The first-order valence-corrected chi connectivity index (χ1v) is 11.7. The van der Waals surface area contributed by atoms with Gasteiger partial charge >= 0.3 is 0 Å². The zero-order valence-electron chi connectivity index (χ0n) is 16.9. The number of aromatic nitrogens is 1. The number of fused-ring (bicyclic) bond motifs is 6. The Labute approximate surface area is 179 Å². The minimum absolute atomic E-state index is 0.264. The first-order chi connectivity index (χ1) is 15.1. The fourth-order valence-electron chi connectivity index (χ4n) is 4.72. The molecule has 0 fully saturated rings. The Kier molecular flexibility index (Phi) is 3.80. The molecule has 0 saturated carbocycles. The largest absolute Gasteiger partial charge is 0.456 e. The highest BCUT2D eigenvalue weighted by molar-refractivity contribution is 7.90. The van der Waals surface area contributed by atoms with Crippen LogP contribution < -0.4 is 0 Å². The number of hydrogen-bond donors (Lipinski definition) is 0. The van der Waals surface area contributed by atoms with E-state index in [9.17, 15) is 8.42 Å².